The van der Waals surface area contributed by atoms with Crippen LogP contribution in [0, 0.1) is 0 Å². The molecule has 0 aromatic heterocycles. The summed E-state index contributed by atoms with van der Waals surface area (Å²) in [6.45, 7) is 5.72. The van der Waals surface area contributed by atoms with Crippen molar-refractivity contribution < 1.29 is 14.8 Å². The largest absolute Gasteiger partial charge is 0.544 e. The van der Waals surface area contributed by atoms with Crippen LogP contribution in [-0.2, 0) is 17.8 Å². The van der Waals surface area contributed by atoms with E-state index in [2.05, 4.69) is 31.2 Å². The van der Waals surface area contributed by atoms with Gasteiger partial charge in [0.05, 0.1) is 12.5 Å². The Balaban J connectivity index is 2.59. The van der Waals surface area contributed by atoms with Gasteiger partial charge in [0.1, 0.15) is 13.1 Å². The molecule has 0 fully saturated rings. The first-order chi connectivity index (χ1) is 7.65. The van der Waals surface area contributed by atoms with Gasteiger partial charge in [0, 0.05) is 5.56 Å². The highest BCUT2D eigenvalue weighted by atomic mass is 16.4. The lowest BCUT2D eigenvalue weighted by Gasteiger charge is -2.18. The van der Waals surface area contributed by atoms with Crippen molar-refractivity contribution in [1.29, 1.82) is 0 Å². The number of carboxylic acids is 1. The Hall–Kier alpha value is -1.35. The van der Waals surface area contributed by atoms with Crippen LogP contribution in [0.15, 0.2) is 24.3 Å². The molecule has 1 aromatic carbocycles. The molecule has 0 aliphatic heterocycles. The summed E-state index contributed by atoms with van der Waals surface area (Å²) in [6.07, 6.45) is 1.03. The van der Waals surface area contributed by atoms with Crippen molar-refractivity contribution in [2.45, 2.75) is 26.8 Å². The molecule has 0 saturated heterocycles. The van der Waals surface area contributed by atoms with Crippen molar-refractivity contribution in [3.05, 3.63) is 35.4 Å². The van der Waals surface area contributed by atoms with Crippen molar-refractivity contribution in [1.82, 2.24) is 0 Å². The van der Waals surface area contributed by atoms with Gasteiger partial charge in [0.2, 0.25) is 0 Å². The van der Waals surface area contributed by atoms with E-state index in [0.717, 1.165) is 24.4 Å². The van der Waals surface area contributed by atoms with Crippen molar-refractivity contribution in [3.63, 3.8) is 0 Å². The van der Waals surface area contributed by atoms with Gasteiger partial charge in [-0.05, 0) is 18.9 Å². The molecule has 1 unspecified atom stereocenters. The molecule has 1 N–H and O–H groups in total. The van der Waals surface area contributed by atoms with E-state index in [1.165, 1.54) is 11.1 Å². The molecule has 1 atom stereocenters. The van der Waals surface area contributed by atoms with E-state index in [0.29, 0.717) is 0 Å². The molecule has 0 heterocycles. The van der Waals surface area contributed by atoms with Gasteiger partial charge in [-0.3, -0.25) is 0 Å². The molecular weight excluding hydrogens is 202 g/mol. The van der Waals surface area contributed by atoms with Gasteiger partial charge >= 0.3 is 0 Å². The zero-order chi connectivity index (χ0) is 12.0. The predicted molar refractivity (Wildman–Crippen MR) is 60.9 cm³/mol. The van der Waals surface area contributed by atoms with E-state index in [4.69, 9.17) is 0 Å². The lowest BCUT2D eigenvalue weighted by molar-refractivity contribution is -0.906. The zero-order valence-corrected chi connectivity index (χ0v) is 9.95. The van der Waals surface area contributed by atoms with E-state index in [1.54, 1.807) is 0 Å². The molecule has 0 bridgehead atoms. The summed E-state index contributed by atoms with van der Waals surface area (Å²) in [4.78, 5) is 11.5. The lowest BCUT2D eigenvalue weighted by Crippen LogP contribution is -3.11. The average molecular weight is 221 g/mol. The predicted octanol–water partition coefficient (Wildman–Crippen LogP) is -0.596. The highest BCUT2D eigenvalue weighted by Crippen LogP contribution is 2.03. The molecule has 1 aromatic rings. The molecule has 16 heavy (non-hydrogen) atoms. The number of carbonyl (C=O) groups excluding carboxylic acids is 1. The van der Waals surface area contributed by atoms with E-state index in [-0.39, 0.29) is 6.54 Å². The summed E-state index contributed by atoms with van der Waals surface area (Å²) in [6, 6.07) is 8.34. The number of benzene rings is 1. The number of carbonyl (C=O) groups is 1. The van der Waals surface area contributed by atoms with Crippen LogP contribution in [0.5, 0.6) is 0 Å². The summed E-state index contributed by atoms with van der Waals surface area (Å²) in [5.74, 6) is -0.984. The first kappa shape index (κ1) is 12.7. The highest BCUT2D eigenvalue weighted by molar-refractivity contribution is 5.65. The quantitative estimate of drug-likeness (QED) is 0.697. The second-order valence-corrected chi connectivity index (χ2v) is 4.00. The standard InChI is InChI=1S/C13H19NO2/c1-3-11-5-7-12(8-6-11)9-14(4-2)10-13(15)16/h5-8H,3-4,9-10H2,1-2H3,(H,15,16). The Morgan fingerprint density at radius 1 is 1.19 bits per heavy atom. The van der Waals surface area contributed by atoms with Crippen LogP contribution in [0.2, 0.25) is 0 Å². The number of rotatable bonds is 6. The molecule has 88 valence electrons. The SMILES string of the molecule is CCc1ccc(C[NH+](CC)CC(=O)[O-])cc1. The Kier molecular flexibility index (Phi) is 4.99. The Morgan fingerprint density at radius 2 is 1.75 bits per heavy atom. The van der Waals surface area contributed by atoms with Gasteiger partial charge in [0.15, 0.2) is 0 Å². The molecule has 3 heteroatoms. The minimum atomic E-state index is -0.984. The maximum Gasteiger partial charge on any atom is 0.118 e. The average Bonchev–Trinajstić information content (AvgIpc) is 2.28. The fraction of sp³-hybridized carbons (Fsp3) is 0.462. The number of aliphatic carboxylic acids is 1. The third-order valence-electron chi connectivity index (χ3n) is 2.78. The van der Waals surface area contributed by atoms with Crippen molar-refractivity contribution >= 4 is 5.97 Å². The van der Waals surface area contributed by atoms with Crippen LogP contribution < -0.4 is 10.0 Å². The number of quaternary nitrogens is 1. The topological polar surface area (TPSA) is 44.6 Å². The number of hydrogen-bond donors (Lipinski definition) is 1. The van der Waals surface area contributed by atoms with Gasteiger partial charge in [-0.15, -0.1) is 0 Å². The Morgan fingerprint density at radius 3 is 2.19 bits per heavy atom. The number of nitrogens with one attached hydrogen (secondary N) is 1. The van der Waals surface area contributed by atoms with Crippen LogP contribution in [0.1, 0.15) is 25.0 Å². The summed E-state index contributed by atoms with van der Waals surface area (Å²) >= 11 is 0. The maximum absolute atomic E-state index is 10.5. The monoisotopic (exact) mass is 221 g/mol. The molecule has 0 spiro atoms. The molecule has 0 radical (unpaired) electrons. The van der Waals surface area contributed by atoms with Crippen LogP contribution in [0.3, 0.4) is 0 Å². The van der Waals surface area contributed by atoms with E-state index in [1.807, 2.05) is 6.92 Å². The van der Waals surface area contributed by atoms with E-state index >= 15 is 0 Å². The summed E-state index contributed by atoms with van der Waals surface area (Å²) in [5.41, 5.74) is 2.48. The zero-order valence-electron chi connectivity index (χ0n) is 9.95. The normalized spacial score (nSPS) is 12.4. The highest BCUT2D eigenvalue weighted by Gasteiger charge is 2.07. The number of aryl methyl sites for hydroxylation is 1. The minimum Gasteiger partial charge on any atom is -0.544 e. The molecule has 0 aliphatic rings. The number of hydrogen-bond acceptors (Lipinski definition) is 2. The molecule has 0 aliphatic carbocycles. The summed E-state index contributed by atoms with van der Waals surface area (Å²) in [7, 11) is 0. The van der Waals surface area contributed by atoms with Crippen molar-refractivity contribution in [3.8, 4) is 0 Å². The third-order valence-corrected chi connectivity index (χ3v) is 2.78. The van der Waals surface area contributed by atoms with Gasteiger partial charge in [-0.1, -0.05) is 31.2 Å². The molecule has 3 nitrogen and oxygen atoms in total. The first-order valence-electron chi connectivity index (χ1n) is 5.77. The fourth-order valence-corrected chi connectivity index (χ4v) is 1.70. The van der Waals surface area contributed by atoms with Gasteiger partial charge < -0.3 is 14.8 Å². The van der Waals surface area contributed by atoms with E-state index < -0.39 is 5.97 Å². The number of likely N-dealkylation sites (N-methyl/N-ethyl adjacent to an activating group) is 1. The van der Waals surface area contributed by atoms with Crippen LogP contribution in [0.4, 0.5) is 0 Å². The molecule has 0 saturated carbocycles. The van der Waals surface area contributed by atoms with Gasteiger partial charge in [-0.2, -0.15) is 0 Å². The smallest absolute Gasteiger partial charge is 0.118 e. The van der Waals surface area contributed by atoms with Crippen molar-refractivity contribution in [2.75, 3.05) is 13.1 Å². The maximum atomic E-state index is 10.5. The first-order valence-corrected chi connectivity index (χ1v) is 5.77. The number of carboxylic acid groups (broad SMARTS) is 1. The molecular formula is C13H19NO2. The van der Waals surface area contributed by atoms with Gasteiger partial charge in [-0.25, -0.2) is 0 Å². The van der Waals surface area contributed by atoms with Crippen molar-refractivity contribution in [2.24, 2.45) is 0 Å². The second-order valence-electron chi connectivity index (χ2n) is 4.00. The van der Waals surface area contributed by atoms with E-state index in [9.17, 15) is 9.90 Å². The Bertz CT molecular complexity index is 332. The minimum absolute atomic E-state index is 0.0754. The fourth-order valence-electron chi connectivity index (χ4n) is 1.70. The third kappa shape index (κ3) is 4.03. The Labute approximate surface area is 96.7 Å². The van der Waals surface area contributed by atoms with Crippen LogP contribution in [0.25, 0.3) is 0 Å². The van der Waals surface area contributed by atoms with Gasteiger partial charge in [0.25, 0.3) is 0 Å². The lowest BCUT2D eigenvalue weighted by atomic mass is 10.1. The summed E-state index contributed by atoms with van der Waals surface area (Å²) in [5, 5.41) is 10.5. The molecule has 1 rings (SSSR count). The van der Waals surface area contributed by atoms with Crippen LogP contribution in [-0.4, -0.2) is 19.1 Å². The molecule has 0 amide bonds. The summed E-state index contributed by atoms with van der Waals surface area (Å²) < 4.78 is 0. The van der Waals surface area contributed by atoms with Crippen LogP contribution >= 0.6 is 0 Å². The second kappa shape index (κ2) is 6.28.